The van der Waals surface area contributed by atoms with E-state index in [1.165, 1.54) is 0 Å². The lowest BCUT2D eigenvalue weighted by Gasteiger charge is -2.06. The van der Waals surface area contributed by atoms with Crippen LogP contribution >= 0.6 is 0 Å². The van der Waals surface area contributed by atoms with Crippen molar-refractivity contribution in [2.75, 3.05) is 0 Å². The van der Waals surface area contributed by atoms with Gasteiger partial charge in [0.15, 0.2) is 0 Å². The smallest absolute Gasteiger partial charge is 0.308 e. The van der Waals surface area contributed by atoms with Crippen LogP contribution in [0, 0.1) is 12.3 Å². The van der Waals surface area contributed by atoms with Crippen LogP contribution in [0.1, 0.15) is 12.8 Å². The summed E-state index contributed by atoms with van der Waals surface area (Å²) in [6.07, 6.45) is 0.00296. The van der Waals surface area contributed by atoms with Gasteiger partial charge < -0.3 is 15.3 Å². The number of carboxylic acids is 3. The molecule has 0 aromatic heterocycles. The van der Waals surface area contributed by atoms with E-state index in [4.69, 9.17) is 15.3 Å². The lowest BCUT2D eigenvalue weighted by atomic mass is 10.00. The van der Waals surface area contributed by atoms with Gasteiger partial charge in [0.05, 0.1) is 12.3 Å². The van der Waals surface area contributed by atoms with E-state index in [0.717, 1.165) is 0 Å². The van der Waals surface area contributed by atoms with Crippen molar-refractivity contribution in [1.29, 1.82) is 0 Å². The molecule has 0 aliphatic rings. The molecule has 3 N–H and O–H groups in total. The molecule has 0 aliphatic carbocycles. The summed E-state index contributed by atoms with van der Waals surface area (Å²) < 4.78 is 0. The molecule has 0 rings (SSSR count). The largest absolute Gasteiger partial charge is 0.481 e. The van der Waals surface area contributed by atoms with Gasteiger partial charge in [0.25, 0.3) is 0 Å². The number of carbonyl (C=O) groups is 3. The van der Waals surface area contributed by atoms with Gasteiger partial charge in [0, 0.05) is 6.42 Å². The second-order valence-electron chi connectivity index (χ2n) is 2.38. The first-order valence-corrected chi connectivity index (χ1v) is 3.46. The van der Waals surface area contributed by atoms with E-state index in [9.17, 15) is 14.4 Å². The topological polar surface area (TPSA) is 112 Å². The highest BCUT2D eigenvalue weighted by atomic mass is 16.4. The minimum atomic E-state index is -1.36. The summed E-state index contributed by atoms with van der Waals surface area (Å²) in [5.74, 6) is -5.08. The maximum absolute atomic E-state index is 10.4. The molecule has 6 nitrogen and oxygen atoms in total. The first-order valence-electron chi connectivity index (χ1n) is 3.46. The van der Waals surface area contributed by atoms with Gasteiger partial charge in [-0.2, -0.15) is 0 Å². The Hall–Kier alpha value is -1.59. The third-order valence-corrected chi connectivity index (χ3v) is 1.33. The van der Waals surface area contributed by atoms with E-state index < -0.39 is 23.8 Å². The van der Waals surface area contributed by atoms with E-state index in [0.29, 0.717) is 6.42 Å². The molecule has 1 unspecified atom stereocenters. The number of hydrogen-bond acceptors (Lipinski definition) is 3. The summed E-state index contributed by atoms with van der Waals surface area (Å²) in [7, 11) is 0. The van der Waals surface area contributed by atoms with Gasteiger partial charge in [0.2, 0.25) is 0 Å². The van der Waals surface area contributed by atoms with Gasteiger partial charge in [-0.25, -0.2) is 0 Å². The van der Waals surface area contributed by atoms with Gasteiger partial charge in [0.1, 0.15) is 0 Å². The fourth-order valence-corrected chi connectivity index (χ4v) is 0.729. The zero-order chi connectivity index (χ0) is 10.4. The SMILES string of the molecule is O=C(O)[CH]C(CCC(=O)O)C(=O)O. The molecule has 73 valence electrons. The van der Waals surface area contributed by atoms with Gasteiger partial charge in [-0.05, 0) is 6.42 Å². The molecular formula is C7H9O6. The molecule has 0 saturated heterocycles. The molecule has 1 atom stereocenters. The molecule has 6 heteroatoms. The van der Waals surface area contributed by atoms with Crippen LogP contribution in [0.5, 0.6) is 0 Å². The molecule has 0 spiro atoms. The Kier molecular flexibility index (Phi) is 4.50. The van der Waals surface area contributed by atoms with Crippen LogP contribution in [0.2, 0.25) is 0 Å². The number of aliphatic carboxylic acids is 3. The molecule has 0 saturated carbocycles. The predicted octanol–water partition coefficient (Wildman–Crippen LogP) is -0.159. The van der Waals surface area contributed by atoms with Crippen molar-refractivity contribution in [2.24, 2.45) is 5.92 Å². The minimum Gasteiger partial charge on any atom is -0.481 e. The second kappa shape index (κ2) is 5.13. The Morgan fingerprint density at radius 2 is 1.69 bits per heavy atom. The summed E-state index contributed by atoms with van der Waals surface area (Å²) in [6, 6.07) is 0. The molecule has 0 fully saturated rings. The number of hydrogen-bond donors (Lipinski definition) is 3. The molecule has 0 aromatic rings. The lowest BCUT2D eigenvalue weighted by Crippen LogP contribution is -2.19. The quantitative estimate of drug-likeness (QED) is 0.535. The molecular weight excluding hydrogens is 180 g/mol. The molecule has 0 bridgehead atoms. The highest BCUT2D eigenvalue weighted by molar-refractivity contribution is 5.85. The highest BCUT2D eigenvalue weighted by Crippen LogP contribution is 2.10. The van der Waals surface area contributed by atoms with Crippen molar-refractivity contribution in [3.63, 3.8) is 0 Å². The Morgan fingerprint density at radius 1 is 1.15 bits per heavy atom. The third-order valence-electron chi connectivity index (χ3n) is 1.33. The van der Waals surface area contributed by atoms with Crippen molar-refractivity contribution in [3.8, 4) is 0 Å². The first-order chi connectivity index (χ1) is 5.93. The van der Waals surface area contributed by atoms with E-state index in [1.54, 1.807) is 0 Å². The maximum atomic E-state index is 10.4. The lowest BCUT2D eigenvalue weighted by molar-refractivity contribution is -0.145. The van der Waals surface area contributed by atoms with E-state index in [2.05, 4.69) is 0 Å². The standard InChI is InChI=1S/C7H9O6/c8-5(9)2-1-4(7(12)13)3-6(10)11/h3-4H,1-2H2,(H,8,9)(H,10,11)(H,12,13). The number of carboxylic acid groups (broad SMARTS) is 3. The average Bonchev–Trinajstić information content (AvgIpc) is 1.96. The van der Waals surface area contributed by atoms with E-state index in [-0.39, 0.29) is 12.8 Å². The molecule has 0 heterocycles. The van der Waals surface area contributed by atoms with Crippen LogP contribution in [0.25, 0.3) is 0 Å². The zero-order valence-electron chi connectivity index (χ0n) is 6.64. The zero-order valence-corrected chi connectivity index (χ0v) is 6.64. The summed E-state index contributed by atoms with van der Waals surface area (Å²) in [5, 5.41) is 24.9. The average molecular weight is 189 g/mol. The van der Waals surface area contributed by atoms with Crippen LogP contribution < -0.4 is 0 Å². The minimum absolute atomic E-state index is 0.211. The van der Waals surface area contributed by atoms with Crippen molar-refractivity contribution in [1.82, 2.24) is 0 Å². The Bertz CT molecular complexity index is 221. The van der Waals surface area contributed by atoms with Gasteiger partial charge in [-0.1, -0.05) is 0 Å². The fourth-order valence-electron chi connectivity index (χ4n) is 0.729. The third kappa shape index (κ3) is 5.66. The van der Waals surface area contributed by atoms with Crippen LogP contribution in [-0.2, 0) is 14.4 Å². The van der Waals surface area contributed by atoms with Crippen LogP contribution in [0.15, 0.2) is 0 Å². The predicted molar refractivity (Wildman–Crippen MR) is 39.9 cm³/mol. The second-order valence-corrected chi connectivity index (χ2v) is 2.38. The summed E-state index contributed by atoms with van der Waals surface area (Å²) in [5.41, 5.74) is 0. The van der Waals surface area contributed by atoms with Crippen molar-refractivity contribution < 1.29 is 29.7 Å². The van der Waals surface area contributed by atoms with Crippen molar-refractivity contribution in [2.45, 2.75) is 12.8 Å². The Balaban J connectivity index is 4.02. The molecule has 1 radical (unpaired) electrons. The summed E-state index contributed by atoms with van der Waals surface area (Å²) >= 11 is 0. The fraction of sp³-hybridized carbons (Fsp3) is 0.429. The van der Waals surface area contributed by atoms with Crippen molar-refractivity contribution in [3.05, 3.63) is 6.42 Å². The van der Waals surface area contributed by atoms with E-state index >= 15 is 0 Å². The first kappa shape index (κ1) is 11.4. The highest BCUT2D eigenvalue weighted by Gasteiger charge is 2.21. The van der Waals surface area contributed by atoms with Crippen LogP contribution in [0.3, 0.4) is 0 Å². The molecule has 0 amide bonds. The van der Waals surface area contributed by atoms with Crippen LogP contribution in [0.4, 0.5) is 0 Å². The summed E-state index contributed by atoms with van der Waals surface area (Å²) in [6.45, 7) is 0. The van der Waals surface area contributed by atoms with Gasteiger partial charge in [-0.15, -0.1) is 0 Å². The molecule has 13 heavy (non-hydrogen) atoms. The normalized spacial score (nSPS) is 12.0. The Morgan fingerprint density at radius 3 is 2.00 bits per heavy atom. The maximum Gasteiger partial charge on any atom is 0.308 e. The van der Waals surface area contributed by atoms with E-state index in [1.807, 2.05) is 0 Å². The van der Waals surface area contributed by atoms with Gasteiger partial charge >= 0.3 is 17.9 Å². The Labute approximate surface area is 73.8 Å². The number of rotatable bonds is 6. The monoisotopic (exact) mass is 189 g/mol. The molecule has 0 aromatic carbocycles. The van der Waals surface area contributed by atoms with Crippen molar-refractivity contribution >= 4 is 17.9 Å². The molecule has 0 aliphatic heterocycles. The van der Waals surface area contributed by atoms with Gasteiger partial charge in [-0.3, -0.25) is 14.4 Å². The van der Waals surface area contributed by atoms with Crippen LogP contribution in [-0.4, -0.2) is 33.2 Å². The summed E-state index contributed by atoms with van der Waals surface area (Å²) in [4.78, 5) is 30.5.